The fourth-order valence-electron chi connectivity index (χ4n) is 3.18. The van der Waals surface area contributed by atoms with Gasteiger partial charge in [0.05, 0.1) is 22.5 Å². The van der Waals surface area contributed by atoms with E-state index in [1.54, 1.807) is 37.5 Å². The van der Waals surface area contributed by atoms with E-state index in [1.165, 1.54) is 0 Å². The van der Waals surface area contributed by atoms with Crippen LogP contribution >= 0.6 is 0 Å². The Labute approximate surface area is 162 Å². The molecule has 7 heteroatoms. The molecule has 0 saturated carbocycles. The normalized spacial score (nSPS) is 10.9. The third-order valence-electron chi connectivity index (χ3n) is 4.77. The van der Waals surface area contributed by atoms with Gasteiger partial charge in [0.1, 0.15) is 23.3 Å². The van der Waals surface area contributed by atoms with Crippen LogP contribution in [0.2, 0.25) is 0 Å². The summed E-state index contributed by atoms with van der Waals surface area (Å²) >= 11 is 0. The van der Waals surface area contributed by atoms with Crippen molar-refractivity contribution in [1.82, 2.24) is 0 Å². The molecule has 0 fully saturated rings. The van der Waals surface area contributed by atoms with Crippen LogP contribution in [0.1, 0.15) is 43.6 Å². The molecule has 28 heavy (non-hydrogen) atoms. The van der Waals surface area contributed by atoms with Crippen LogP contribution in [-0.4, -0.2) is 32.0 Å². The highest BCUT2D eigenvalue weighted by Crippen LogP contribution is 2.28. The Morgan fingerprint density at radius 1 is 0.643 bits per heavy atom. The van der Waals surface area contributed by atoms with Gasteiger partial charge in [-0.3, -0.25) is 4.79 Å². The Hall–Kier alpha value is -2.57. The summed E-state index contributed by atoms with van der Waals surface area (Å²) in [6.45, 7) is 8.95. The highest BCUT2D eigenvalue weighted by molar-refractivity contribution is 6.09. The Balaban J connectivity index is 2.49. The van der Waals surface area contributed by atoms with Crippen molar-refractivity contribution in [3.63, 3.8) is 0 Å². The van der Waals surface area contributed by atoms with Gasteiger partial charge in [-0.25, -0.2) is 17.6 Å². The minimum atomic E-state index is -1.11. The monoisotopic (exact) mass is 396 g/mol. The average molecular weight is 396 g/mol. The first-order valence-corrected chi connectivity index (χ1v) is 9.31. The van der Waals surface area contributed by atoms with E-state index in [0.29, 0.717) is 26.2 Å². The van der Waals surface area contributed by atoms with Crippen molar-refractivity contribution in [1.29, 1.82) is 0 Å². The smallest absolute Gasteiger partial charge is 0.199 e. The van der Waals surface area contributed by atoms with E-state index in [4.69, 9.17) is 0 Å². The first-order valence-electron chi connectivity index (χ1n) is 9.31. The van der Waals surface area contributed by atoms with E-state index in [2.05, 4.69) is 0 Å². The van der Waals surface area contributed by atoms with E-state index in [9.17, 15) is 22.4 Å². The third kappa shape index (κ3) is 4.13. The number of rotatable bonds is 8. The fraction of sp³-hybridized carbons (Fsp3) is 0.381. The maximum Gasteiger partial charge on any atom is 0.199 e. The van der Waals surface area contributed by atoms with Crippen LogP contribution in [0, 0.1) is 23.3 Å². The predicted octanol–water partition coefficient (Wildman–Crippen LogP) is 5.17. The van der Waals surface area contributed by atoms with Gasteiger partial charge in [0, 0.05) is 38.3 Å². The molecule has 0 aliphatic carbocycles. The summed E-state index contributed by atoms with van der Waals surface area (Å²) in [5.74, 6) is -4.67. The zero-order valence-electron chi connectivity index (χ0n) is 16.5. The zero-order chi connectivity index (χ0) is 21.0. The van der Waals surface area contributed by atoms with Gasteiger partial charge < -0.3 is 9.80 Å². The number of nitrogens with zero attached hydrogens (tertiary/aromatic N) is 2. The topological polar surface area (TPSA) is 23.6 Å². The molecule has 0 amide bonds. The lowest BCUT2D eigenvalue weighted by Crippen LogP contribution is -2.24. The number of ketones is 1. The first kappa shape index (κ1) is 21.7. The van der Waals surface area contributed by atoms with Crippen molar-refractivity contribution >= 4 is 17.2 Å². The summed E-state index contributed by atoms with van der Waals surface area (Å²) in [7, 11) is 0. The number of benzene rings is 2. The predicted molar refractivity (Wildman–Crippen MR) is 103 cm³/mol. The lowest BCUT2D eigenvalue weighted by atomic mass is 10.0. The summed E-state index contributed by atoms with van der Waals surface area (Å²) < 4.78 is 57.9. The second-order valence-corrected chi connectivity index (χ2v) is 6.24. The van der Waals surface area contributed by atoms with Crippen molar-refractivity contribution in [3.05, 3.63) is 58.7 Å². The van der Waals surface area contributed by atoms with Gasteiger partial charge in [-0.15, -0.1) is 0 Å². The molecular weight excluding hydrogens is 372 g/mol. The molecule has 2 aromatic carbocycles. The molecule has 0 aliphatic heterocycles. The Morgan fingerprint density at radius 3 is 1.25 bits per heavy atom. The molecule has 0 saturated heterocycles. The quantitative estimate of drug-likeness (QED) is 0.455. The minimum absolute atomic E-state index is 0.0163. The third-order valence-corrected chi connectivity index (χ3v) is 4.77. The van der Waals surface area contributed by atoms with Gasteiger partial charge in [0.25, 0.3) is 0 Å². The van der Waals surface area contributed by atoms with Gasteiger partial charge in [-0.1, -0.05) is 0 Å². The molecule has 0 unspecified atom stereocenters. The van der Waals surface area contributed by atoms with Crippen molar-refractivity contribution in [2.75, 3.05) is 36.0 Å². The molecule has 2 aromatic rings. The minimum Gasteiger partial charge on any atom is -0.370 e. The van der Waals surface area contributed by atoms with Crippen LogP contribution in [0.3, 0.4) is 0 Å². The van der Waals surface area contributed by atoms with Crippen LogP contribution in [-0.2, 0) is 0 Å². The number of carbonyl (C=O) groups is 1. The average Bonchev–Trinajstić information content (AvgIpc) is 2.68. The maximum atomic E-state index is 14.5. The maximum absolute atomic E-state index is 14.5. The molecule has 0 aromatic heterocycles. The standard InChI is InChI=1S/C21H24F4N2O/c1-5-26(6-2)19-11-15(22)13(9-17(19)24)21(28)14-10-18(25)20(12-16(14)23)27(7-3)8-4/h9-12H,5-8H2,1-4H3. The van der Waals surface area contributed by atoms with Gasteiger partial charge in [-0.2, -0.15) is 0 Å². The van der Waals surface area contributed by atoms with E-state index in [0.717, 1.165) is 24.3 Å². The number of halogens is 4. The summed E-state index contributed by atoms with van der Waals surface area (Å²) in [6, 6.07) is 3.30. The SMILES string of the molecule is CCN(CC)c1cc(F)c(C(=O)c2cc(F)c(N(CC)CC)cc2F)cc1F. The number of anilines is 2. The number of carbonyl (C=O) groups excluding carboxylic acids is 1. The van der Waals surface area contributed by atoms with Crippen molar-refractivity contribution in [3.8, 4) is 0 Å². The summed E-state index contributed by atoms with van der Waals surface area (Å²) in [4.78, 5) is 15.8. The fourth-order valence-corrected chi connectivity index (χ4v) is 3.18. The highest BCUT2D eigenvalue weighted by Gasteiger charge is 2.24. The molecule has 0 aliphatic rings. The Kier molecular flexibility index (Phi) is 7.05. The second-order valence-electron chi connectivity index (χ2n) is 6.24. The first-order chi connectivity index (χ1) is 13.3. The van der Waals surface area contributed by atoms with Crippen molar-refractivity contribution in [2.45, 2.75) is 27.7 Å². The molecule has 3 nitrogen and oxygen atoms in total. The Bertz CT molecular complexity index is 792. The molecule has 152 valence electrons. The lowest BCUT2D eigenvalue weighted by Gasteiger charge is -2.23. The van der Waals surface area contributed by atoms with Crippen molar-refractivity contribution in [2.24, 2.45) is 0 Å². The van der Waals surface area contributed by atoms with Crippen molar-refractivity contribution < 1.29 is 22.4 Å². The van der Waals surface area contributed by atoms with Gasteiger partial charge in [0.2, 0.25) is 0 Å². The summed E-state index contributed by atoms with van der Waals surface area (Å²) in [6.07, 6.45) is 0. The summed E-state index contributed by atoms with van der Waals surface area (Å²) in [5.41, 5.74) is -1.24. The van der Waals surface area contributed by atoms with E-state index < -0.39 is 40.2 Å². The van der Waals surface area contributed by atoms with E-state index >= 15 is 0 Å². The van der Waals surface area contributed by atoms with Crippen LogP contribution in [0.15, 0.2) is 24.3 Å². The van der Waals surface area contributed by atoms with E-state index in [-0.39, 0.29) is 11.4 Å². The highest BCUT2D eigenvalue weighted by atomic mass is 19.1. The second kappa shape index (κ2) is 9.08. The largest absolute Gasteiger partial charge is 0.370 e. The Morgan fingerprint density at radius 2 is 0.964 bits per heavy atom. The molecule has 0 radical (unpaired) electrons. The number of hydrogen-bond donors (Lipinski definition) is 0. The van der Waals surface area contributed by atoms with Gasteiger partial charge in [-0.05, 0) is 39.8 Å². The zero-order valence-corrected chi connectivity index (χ0v) is 16.5. The molecule has 2 rings (SSSR count). The molecular formula is C21H24F4N2O. The molecule has 0 heterocycles. The van der Waals surface area contributed by atoms with Gasteiger partial charge in [0.15, 0.2) is 5.78 Å². The summed E-state index contributed by atoms with van der Waals surface area (Å²) in [5, 5.41) is 0. The molecule has 0 spiro atoms. The molecule has 0 N–H and O–H groups in total. The molecule has 0 bridgehead atoms. The van der Waals surface area contributed by atoms with Crippen LogP contribution < -0.4 is 9.80 Å². The van der Waals surface area contributed by atoms with E-state index in [1.807, 2.05) is 0 Å². The molecule has 0 atom stereocenters. The number of hydrogen-bond acceptors (Lipinski definition) is 3. The van der Waals surface area contributed by atoms with Crippen LogP contribution in [0.5, 0.6) is 0 Å². The van der Waals surface area contributed by atoms with Crippen LogP contribution in [0.25, 0.3) is 0 Å². The van der Waals surface area contributed by atoms with Gasteiger partial charge >= 0.3 is 0 Å². The van der Waals surface area contributed by atoms with Crippen LogP contribution in [0.4, 0.5) is 28.9 Å². The lowest BCUT2D eigenvalue weighted by molar-refractivity contribution is 0.103.